The van der Waals surface area contributed by atoms with E-state index in [2.05, 4.69) is 10.3 Å². The van der Waals surface area contributed by atoms with E-state index in [-0.39, 0.29) is 11.9 Å². The maximum absolute atomic E-state index is 12.0. The summed E-state index contributed by atoms with van der Waals surface area (Å²) in [6.45, 7) is 1.72. The molecule has 1 amide bonds. The molecule has 1 heterocycles. The fourth-order valence-electron chi connectivity index (χ4n) is 2.30. The van der Waals surface area contributed by atoms with Crippen molar-refractivity contribution >= 4 is 28.9 Å². The average Bonchev–Trinajstić information content (AvgIpc) is 2.58. The Morgan fingerprint density at radius 2 is 1.90 bits per heavy atom. The monoisotopic (exact) mass is 284 g/mol. The summed E-state index contributed by atoms with van der Waals surface area (Å²) >= 11 is 6.09. The first-order valence-corrected chi connectivity index (χ1v) is 6.73. The van der Waals surface area contributed by atoms with Gasteiger partial charge in [-0.05, 0) is 30.7 Å². The molecule has 0 radical (unpaired) electrons. The Morgan fingerprint density at radius 3 is 2.65 bits per heavy atom. The highest BCUT2D eigenvalue weighted by atomic mass is 35.5. The van der Waals surface area contributed by atoms with Crippen LogP contribution in [0.4, 0.5) is 5.69 Å². The van der Waals surface area contributed by atoms with Gasteiger partial charge in [-0.25, -0.2) is 0 Å². The highest BCUT2D eigenvalue weighted by Crippen LogP contribution is 2.35. The van der Waals surface area contributed by atoms with E-state index < -0.39 is 0 Å². The van der Waals surface area contributed by atoms with Gasteiger partial charge < -0.3 is 5.32 Å². The Labute approximate surface area is 122 Å². The first kappa shape index (κ1) is 12.9. The van der Waals surface area contributed by atoms with Crippen LogP contribution in [-0.4, -0.2) is 11.6 Å². The van der Waals surface area contributed by atoms with Gasteiger partial charge in [0.05, 0.1) is 5.71 Å². The molecule has 0 aliphatic carbocycles. The lowest BCUT2D eigenvalue weighted by Crippen LogP contribution is -2.18. The third-order valence-electron chi connectivity index (χ3n) is 3.32. The Bertz CT molecular complexity index is 695. The van der Waals surface area contributed by atoms with Crippen LogP contribution in [0.25, 0.3) is 0 Å². The number of nitrogens with one attached hydrogen (secondary N) is 1. The third-order valence-corrected chi connectivity index (χ3v) is 3.56. The number of carbonyl (C=O) groups excluding carboxylic acids is 1. The van der Waals surface area contributed by atoms with E-state index in [1.54, 1.807) is 13.0 Å². The van der Waals surface area contributed by atoms with Crippen molar-refractivity contribution in [2.45, 2.75) is 13.0 Å². The highest BCUT2D eigenvalue weighted by Gasteiger charge is 2.23. The zero-order valence-electron chi connectivity index (χ0n) is 10.9. The van der Waals surface area contributed by atoms with E-state index in [9.17, 15) is 4.79 Å². The Balaban J connectivity index is 2.21. The molecule has 0 saturated carbocycles. The van der Waals surface area contributed by atoms with Crippen LogP contribution < -0.4 is 5.32 Å². The number of carbonyl (C=O) groups is 1. The van der Waals surface area contributed by atoms with Gasteiger partial charge in [-0.3, -0.25) is 9.79 Å². The Kier molecular flexibility index (Phi) is 3.28. The molecule has 0 spiro atoms. The average molecular weight is 285 g/mol. The van der Waals surface area contributed by atoms with E-state index in [1.807, 2.05) is 42.5 Å². The molecule has 2 aromatic carbocycles. The number of fused-ring (bicyclic) bond motifs is 1. The molecule has 20 heavy (non-hydrogen) atoms. The van der Waals surface area contributed by atoms with Gasteiger partial charge in [-0.15, -0.1) is 0 Å². The molecular formula is C16H13ClN2O. The summed E-state index contributed by atoms with van der Waals surface area (Å²) in [6, 6.07) is 15.1. The third kappa shape index (κ3) is 2.32. The van der Waals surface area contributed by atoms with Crippen LogP contribution in [0.1, 0.15) is 24.1 Å². The van der Waals surface area contributed by atoms with Crippen LogP contribution in [0.5, 0.6) is 0 Å². The molecule has 0 aromatic heterocycles. The minimum atomic E-state index is -0.219. The van der Waals surface area contributed by atoms with Crippen molar-refractivity contribution in [1.29, 1.82) is 0 Å². The molecule has 1 atom stereocenters. The second kappa shape index (κ2) is 5.10. The number of anilines is 1. The van der Waals surface area contributed by atoms with Crippen molar-refractivity contribution in [2.24, 2.45) is 4.99 Å². The number of hydrogen-bond donors (Lipinski definition) is 1. The normalized spacial score (nSPS) is 17.8. The molecule has 1 unspecified atom stereocenters. The maximum atomic E-state index is 12.0. The van der Waals surface area contributed by atoms with Crippen LogP contribution in [0.2, 0.25) is 5.02 Å². The SMILES string of the molecule is CC1=NC(c2ccccc2)c2cc(Cl)ccc2NC1=O. The van der Waals surface area contributed by atoms with E-state index in [1.165, 1.54) is 0 Å². The van der Waals surface area contributed by atoms with E-state index >= 15 is 0 Å². The van der Waals surface area contributed by atoms with E-state index in [0.717, 1.165) is 16.8 Å². The first-order valence-electron chi connectivity index (χ1n) is 6.35. The summed E-state index contributed by atoms with van der Waals surface area (Å²) in [7, 11) is 0. The van der Waals surface area contributed by atoms with E-state index in [0.29, 0.717) is 10.7 Å². The summed E-state index contributed by atoms with van der Waals surface area (Å²) < 4.78 is 0. The molecule has 1 N–H and O–H groups in total. The van der Waals surface area contributed by atoms with Gasteiger partial charge in [0.1, 0.15) is 6.04 Å². The molecule has 0 fully saturated rings. The first-order chi connectivity index (χ1) is 9.65. The van der Waals surface area contributed by atoms with E-state index in [4.69, 9.17) is 11.6 Å². The van der Waals surface area contributed by atoms with Crippen molar-refractivity contribution in [3.63, 3.8) is 0 Å². The van der Waals surface area contributed by atoms with Gasteiger partial charge in [0.25, 0.3) is 5.91 Å². The van der Waals surface area contributed by atoms with Gasteiger partial charge in [-0.2, -0.15) is 0 Å². The summed E-state index contributed by atoms with van der Waals surface area (Å²) in [5.74, 6) is -0.174. The van der Waals surface area contributed by atoms with Gasteiger partial charge >= 0.3 is 0 Å². The Morgan fingerprint density at radius 1 is 1.15 bits per heavy atom. The number of hydrogen-bond acceptors (Lipinski definition) is 2. The van der Waals surface area contributed by atoms with Crippen molar-refractivity contribution in [3.05, 3.63) is 64.7 Å². The predicted octanol–water partition coefficient (Wildman–Crippen LogP) is 3.84. The smallest absolute Gasteiger partial charge is 0.269 e. The van der Waals surface area contributed by atoms with Crippen molar-refractivity contribution < 1.29 is 4.79 Å². The summed E-state index contributed by atoms with van der Waals surface area (Å²) in [5, 5.41) is 3.50. The largest absolute Gasteiger partial charge is 0.321 e. The second-order valence-electron chi connectivity index (χ2n) is 4.71. The zero-order valence-corrected chi connectivity index (χ0v) is 11.7. The molecular weight excluding hydrogens is 272 g/mol. The number of halogens is 1. The highest BCUT2D eigenvalue weighted by molar-refractivity contribution is 6.42. The number of rotatable bonds is 1. The Hall–Kier alpha value is -2.13. The molecule has 1 aliphatic heterocycles. The van der Waals surface area contributed by atoms with Crippen LogP contribution in [0.3, 0.4) is 0 Å². The number of nitrogens with zero attached hydrogens (tertiary/aromatic N) is 1. The summed E-state index contributed by atoms with van der Waals surface area (Å²) in [6.07, 6.45) is 0. The molecule has 2 aromatic rings. The molecule has 1 aliphatic rings. The summed E-state index contributed by atoms with van der Waals surface area (Å²) in [4.78, 5) is 16.5. The number of aliphatic imine (C=N–C) groups is 1. The number of amides is 1. The standard InChI is InChI=1S/C16H13ClN2O/c1-10-16(20)19-14-8-7-12(17)9-13(14)15(18-10)11-5-3-2-4-6-11/h2-9,15H,1H3,(H,19,20). The lowest BCUT2D eigenvalue weighted by atomic mass is 9.98. The quantitative estimate of drug-likeness (QED) is 0.849. The fourth-order valence-corrected chi connectivity index (χ4v) is 2.48. The van der Waals surface area contributed by atoms with Crippen molar-refractivity contribution in [1.82, 2.24) is 0 Å². The molecule has 100 valence electrons. The minimum absolute atomic E-state index is 0.174. The van der Waals surface area contributed by atoms with Gasteiger partial charge in [0.2, 0.25) is 0 Å². The zero-order chi connectivity index (χ0) is 14.1. The predicted molar refractivity (Wildman–Crippen MR) is 81.5 cm³/mol. The second-order valence-corrected chi connectivity index (χ2v) is 5.15. The lowest BCUT2D eigenvalue weighted by molar-refractivity contribution is -0.110. The van der Waals surface area contributed by atoms with Gasteiger partial charge in [0.15, 0.2) is 0 Å². The molecule has 4 heteroatoms. The van der Waals surface area contributed by atoms with Crippen LogP contribution in [-0.2, 0) is 4.79 Å². The maximum Gasteiger partial charge on any atom is 0.269 e. The van der Waals surface area contributed by atoms with Crippen molar-refractivity contribution in [2.75, 3.05) is 5.32 Å². The summed E-state index contributed by atoms with van der Waals surface area (Å²) in [5.41, 5.74) is 3.17. The van der Waals surface area contributed by atoms with Crippen LogP contribution in [0, 0.1) is 0 Å². The molecule has 0 saturated heterocycles. The molecule has 3 rings (SSSR count). The minimum Gasteiger partial charge on any atom is -0.321 e. The van der Waals surface area contributed by atoms with Crippen LogP contribution >= 0.6 is 11.6 Å². The fraction of sp³-hybridized carbons (Fsp3) is 0.125. The van der Waals surface area contributed by atoms with Gasteiger partial charge in [0, 0.05) is 16.3 Å². The van der Waals surface area contributed by atoms with Crippen LogP contribution in [0.15, 0.2) is 53.5 Å². The number of benzene rings is 2. The van der Waals surface area contributed by atoms with Gasteiger partial charge in [-0.1, -0.05) is 41.9 Å². The molecule has 3 nitrogen and oxygen atoms in total. The molecule has 0 bridgehead atoms. The topological polar surface area (TPSA) is 41.5 Å². The lowest BCUT2D eigenvalue weighted by Gasteiger charge is -2.15. The van der Waals surface area contributed by atoms with Crippen molar-refractivity contribution in [3.8, 4) is 0 Å².